The van der Waals surface area contributed by atoms with Crippen molar-refractivity contribution in [3.05, 3.63) is 27.2 Å². The molecule has 2 heterocycles. The average Bonchev–Trinajstić information content (AvgIpc) is 2.77. The van der Waals surface area contributed by atoms with Crippen LogP contribution in [0.25, 0.3) is 11.2 Å². The Hall–Kier alpha value is -0.448. The van der Waals surface area contributed by atoms with E-state index in [-0.39, 0.29) is 61.4 Å². The van der Waals surface area contributed by atoms with Crippen LogP contribution >= 0.6 is 0 Å². The minimum Gasteiger partial charge on any atom is -0.393 e. The minimum atomic E-state index is -0.353. The number of aryl methyl sites for hydroxylation is 2. The van der Waals surface area contributed by atoms with E-state index in [9.17, 15) is 14.7 Å². The van der Waals surface area contributed by atoms with Crippen LogP contribution in [-0.4, -0.2) is 29.9 Å². The van der Waals surface area contributed by atoms with E-state index >= 15 is 0 Å². The quantitative estimate of drug-likeness (QED) is 0.578. The summed E-state index contributed by atoms with van der Waals surface area (Å²) in [6.45, 7) is 2.09. The van der Waals surface area contributed by atoms with Crippen LogP contribution in [0.4, 0.5) is 0 Å². The topological polar surface area (TPSA) is 82.1 Å². The second-order valence-corrected chi connectivity index (χ2v) is 5.17. The monoisotopic (exact) mass is 507 g/mol. The number of aliphatic hydroxyl groups is 1. The van der Waals surface area contributed by atoms with Crippen molar-refractivity contribution in [3.8, 4) is 0 Å². The van der Waals surface area contributed by atoms with Gasteiger partial charge in [-0.2, -0.15) is 0 Å². The van der Waals surface area contributed by atoms with Gasteiger partial charge in [-0.25, -0.2) is 9.78 Å². The molecule has 0 aromatic carbocycles. The van der Waals surface area contributed by atoms with Gasteiger partial charge in [0.2, 0.25) is 0 Å². The molecular formula is C13H20AcN4O3. The minimum absolute atomic E-state index is 0. The van der Waals surface area contributed by atoms with Gasteiger partial charge in [0.05, 0.1) is 12.4 Å². The van der Waals surface area contributed by atoms with E-state index in [1.807, 2.05) is 0 Å². The maximum absolute atomic E-state index is 12.4. The molecule has 7 nitrogen and oxygen atoms in total. The Bertz CT molecular complexity index is 729. The fraction of sp³-hybridized carbons (Fsp3) is 0.615. The number of rotatable bonds is 5. The molecule has 0 fully saturated rings. The maximum atomic E-state index is 12.4. The fourth-order valence-electron chi connectivity index (χ4n) is 2.30. The first-order chi connectivity index (χ1) is 9.43. The van der Waals surface area contributed by atoms with Crippen molar-refractivity contribution in [2.75, 3.05) is 0 Å². The molecule has 0 saturated carbocycles. The largest absolute Gasteiger partial charge is 0.393 e. The molecule has 8 heteroatoms. The van der Waals surface area contributed by atoms with Crippen molar-refractivity contribution in [2.45, 2.75) is 38.8 Å². The Labute approximate surface area is 158 Å². The van der Waals surface area contributed by atoms with Crippen LogP contribution < -0.4 is 11.2 Å². The molecule has 2 aromatic rings. The summed E-state index contributed by atoms with van der Waals surface area (Å²) in [5, 5.41) is 9.21. The van der Waals surface area contributed by atoms with Crippen LogP contribution in [0.3, 0.4) is 0 Å². The van der Waals surface area contributed by atoms with Crippen molar-refractivity contribution >= 4 is 11.2 Å². The van der Waals surface area contributed by atoms with Crippen LogP contribution in [0, 0.1) is 44.1 Å². The van der Waals surface area contributed by atoms with Crippen molar-refractivity contribution in [2.24, 2.45) is 14.1 Å². The molecule has 113 valence electrons. The number of fused-ring (bicyclic) bond motifs is 1. The van der Waals surface area contributed by atoms with Crippen LogP contribution in [0.1, 0.15) is 26.2 Å². The number of imidazole rings is 1. The molecule has 0 amide bonds. The van der Waals surface area contributed by atoms with Gasteiger partial charge in [-0.1, -0.05) is 0 Å². The first kappa shape index (κ1) is 18.6. The molecule has 2 rings (SSSR count). The molecular weight excluding hydrogens is 487 g/mol. The summed E-state index contributed by atoms with van der Waals surface area (Å²) >= 11 is 0. The van der Waals surface area contributed by atoms with Gasteiger partial charge in [0.15, 0.2) is 11.2 Å². The smallest absolute Gasteiger partial charge is 0.332 e. The molecule has 2 aromatic heterocycles. The Kier molecular flexibility index (Phi) is 6.82. The second-order valence-electron chi connectivity index (χ2n) is 5.17. The third-order valence-electron chi connectivity index (χ3n) is 3.45. The number of unbranched alkanes of at least 4 members (excludes halogenated alkanes) is 1. The fourth-order valence-corrected chi connectivity index (χ4v) is 2.30. The number of aliphatic hydroxyl groups excluding tert-OH is 1. The van der Waals surface area contributed by atoms with Crippen molar-refractivity contribution < 1.29 is 49.2 Å². The molecule has 0 spiro atoms. The zero-order valence-electron chi connectivity index (χ0n) is 12.6. The van der Waals surface area contributed by atoms with Gasteiger partial charge in [0, 0.05) is 64.7 Å². The third-order valence-corrected chi connectivity index (χ3v) is 3.45. The molecule has 0 aliphatic rings. The molecule has 1 radical (unpaired) electrons. The van der Waals surface area contributed by atoms with E-state index in [0.29, 0.717) is 30.6 Å². The van der Waals surface area contributed by atoms with E-state index in [2.05, 4.69) is 4.98 Å². The van der Waals surface area contributed by atoms with Crippen molar-refractivity contribution in [1.82, 2.24) is 18.7 Å². The molecule has 0 bridgehead atoms. The summed E-state index contributed by atoms with van der Waals surface area (Å²) in [6.07, 6.45) is 3.31. The Morgan fingerprint density at radius 3 is 2.57 bits per heavy atom. The van der Waals surface area contributed by atoms with E-state index < -0.39 is 0 Å². The van der Waals surface area contributed by atoms with E-state index in [1.54, 1.807) is 25.6 Å². The molecule has 21 heavy (non-hydrogen) atoms. The van der Waals surface area contributed by atoms with Gasteiger partial charge < -0.3 is 9.67 Å². The standard InChI is InChI=1S/C13H20N4O3.Ac/c1-9(18)6-4-5-7-17-12(19)10-11(14-8-15(10)2)16(3)13(17)20;/h8-9,18H,4-7H2,1-3H3;/t9-;/m1./s1. The van der Waals surface area contributed by atoms with Crippen LogP contribution in [0.2, 0.25) is 0 Å². The SMILES string of the molecule is C[C@@H](O)CCCCn1c(=O)c2c(ncn2C)n(C)c1=O.[Ac]. The van der Waals surface area contributed by atoms with Crippen LogP contribution in [-0.2, 0) is 20.6 Å². The summed E-state index contributed by atoms with van der Waals surface area (Å²) in [6, 6.07) is 0. The summed E-state index contributed by atoms with van der Waals surface area (Å²) in [5.41, 5.74) is 0.184. The molecule has 0 saturated heterocycles. The average molecular weight is 507 g/mol. The Balaban J connectivity index is 0.00000220. The predicted molar refractivity (Wildman–Crippen MR) is 75.7 cm³/mol. The van der Waals surface area contributed by atoms with Crippen LogP contribution in [0.15, 0.2) is 15.9 Å². The first-order valence-corrected chi connectivity index (χ1v) is 6.72. The Morgan fingerprint density at radius 2 is 1.95 bits per heavy atom. The van der Waals surface area contributed by atoms with E-state index in [4.69, 9.17) is 0 Å². The van der Waals surface area contributed by atoms with Gasteiger partial charge in [0.1, 0.15) is 0 Å². The molecule has 0 unspecified atom stereocenters. The van der Waals surface area contributed by atoms with Gasteiger partial charge in [-0.15, -0.1) is 0 Å². The predicted octanol–water partition coefficient (Wildman–Crippen LogP) is -0.0152. The van der Waals surface area contributed by atoms with Gasteiger partial charge in [-0.3, -0.25) is 13.9 Å². The first-order valence-electron chi connectivity index (χ1n) is 6.72. The molecule has 1 atom stereocenters. The van der Waals surface area contributed by atoms with Gasteiger partial charge in [0.25, 0.3) is 5.56 Å². The zero-order valence-corrected chi connectivity index (χ0v) is 17.4. The van der Waals surface area contributed by atoms with Crippen molar-refractivity contribution in [3.63, 3.8) is 0 Å². The maximum Gasteiger partial charge on any atom is 0.332 e. The number of aromatic nitrogens is 4. The third kappa shape index (κ3) is 3.85. The zero-order chi connectivity index (χ0) is 14.9. The summed E-state index contributed by atoms with van der Waals surface area (Å²) in [7, 11) is 3.35. The normalized spacial score (nSPS) is 12.4. The van der Waals surface area contributed by atoms with E-state index in [0.717, 1.165) is 6.42 Å². The van der Waals surface area contributed by atoms with Gasteiger partial charge >= 0.3 is 5.69 Å². The summed E-state index contributed by atoms with van der Waals surface area (Å²) in [5.74, 6) is 0. The number of hydrogen-bond acceptors (Lipinski definition) is 4. The molecule has 0 aliphatic heterocycles. The van der Waals surface area contributed by atoms with E-state index in [1.165, 1.54) is 15.5 Å². The molecule has 0 aliphatic carbocycles. The Morgan fingerprint density at radius 1 is 1.29 bits per heavy atom. The van der Waals surface area contributed by atoms with Gasteiger partial charge in [-0.05, 0) is 26.2 Å². The number of hydrogen-bond donors (Lipinski definition) is 1. The second kappa shape index (κ2) is 7.71. The summed E-state index contributed by atoms with van der Waals surface area (Å²) in [4.78, 5) is 28.6. The number of nitrogens with zero attached hydrogens (tertiary/aromatic N) is 4. The molecule has 1 N–H and O–H groups in total. The van der Waals surface area contributed by atoms with Crippen LogP contribution in [0.5, 0.6) is 0 Å². The summed E-state index contributed by atoms with van der Waals surface area (Å²) < 4.78 is 4.26. The van der Waals surface area contributed by atoms with Crippen molar-refractivity contribution in [1.29, 1.82) is 0 Å².